The maximum Gasteiger partial charge on any atom is 0.119 e. The van der Waals surface area contributed by atoms with E-state index in [0.29, 0.717) is 0 Å². The van der Waals surface area contributed by atoms with Crippen molar-refractivity contribution in [2.75, 3.05) is 26.2 Å². The highest BCUT2D eigenvalue weighted by Gasteiger charge is 2.14. The van der Waals surface area contributed by atoms with Crippen molar-refractivity contribution in [1.29, 1.82) is 0 Å². The Morgan fingerprint density at radius 2 is 0.902 bits per heavy atom. The summed E-state index contributed by atoms with van der Waals surface area (Å²) >= 11 is 0. The number of benzene rings is 3. The Labute approximate surface area is 313 Å². The predicted octanol–water partition coefficient (Wildman–Crippen LogP) is 14.3. The van der Waals surface area contributed by atoms with Gasteiger partial charge in [0.25, 0.3) is 0 Å². The average Bonchev–Trinajstić information content (AvgIpc) is 3.16. The third-order valence-electron chi connectivity index (χ3n) is 10.4. The molecule has 3 aromatic carbocycles. The van der Waals surface area contributed by atoms with Gasteiger partial charge in [0.15, 0.2) is 0 Å². The summed E-state index contributed by atoms with van der Waals surface area (Å²) < 4.78 is 6.37. The number of ether oxygens (including phenoxy) is 1. The van der Waals surface area contributed by atoms with Gasteiger partial charge >= 0.3 is 0 Å². The van der Waals surface area contributed by atoms with Gasteiger partial charge in [0.1, 0.15) is 18.1 Å². The third kappa shape index (κ3) is 17.8. The lowest BCUT2D eigenvalue weighted by Crippen LogP contribution is -2.30. The topological polar surface area (TPSA) is 32.7 Å². The number of aromatic hydroxyl groups is 1. The van der Waals surface area contributed by atoms with Gasteiger partial charge in [-0.15, -0.1) is 0 Å². The van der Waals surface area contributed by atoms with E-state index >= 15 is 0 Å². The maximum atomic E-state index is 9.99. The van der Waals surface area contributed by atoms with Gasteiger partial charge in [0.05, 0.1) is 0 Å². The van der Waals surface area contributed by atoms with Crippen LogP contribution in [0, 0.1) is 0 Å². The fraction of sp³-hybridized carbons (Fsp3) is 0.583. The zero-order valence-electron chi connectivity index (χ0n) is 33.0. The minimum Gasteiger partial charge on any atom is -0.508 e. The van der Waals surface area contributed by atoms with Crippen LogP contribution in [-0.4, -0.2) is 36.2 Å². The van der Waals surface area contributed by atoms with Crippen LogP contribution in [0.4, 0.5) is 0 Å². The number of phenols is 1. The van der Waals surface area contributed by atoms with Crippen LogP contribution < -0.4 is 4.74 Å². The third-order valence-corrected chi connectivity index (χ3v) is 10.4. The van der Waals surface area contributed by atoms with Gasteiger partial charge < -0.3 is 9.84 Å². The van der Waals surface area contributed by atoms with Crippen LogP contribution in [0.2, 0.25) is 0 Å². The molecule has 1 N–H and O–H groups in total. The first kappa shape index (κ1) is 42.4. The molecule has 0 saturated carbocycles. The van der Waals surface area contributed by atoms with Crippen LogP contribution in [0.3, 0.4) is 0 Å². The van der Waals surface area contributed by atoms with Crippen molar-refractivity contribution in [3.63, 3.8) is 0 Å². The molecule has 0 bridgehead atoms. The highest BCUT2D eigenvalue weighted by atomic mass is 16.5. The summed E-state index contributed by atoms with van der Waals surface area (Å²) in [4.78, 5) is 2.67. The van der Waals surface area contributed by atoms with Gasteiger partial charge in [-0.2, -0.15) is 0 Å². The zero-order valence-corrected chi connectivity index (χ0v) is 33.0. The molecular weight excluding hydrogens is 623 g/mol. The number of nitrogens with zero attached hydrogens (tertiary/aromatic N) is 1. The van der Waals surface area contributed by atoms with Gasteiger partial charge in [-0.1, -0.05) is 191 Å². The first-order valence-corrected chi connectivity index (χ1v) is 21.2. The largest absolute Gasteiger partial charge is 0.508 e. The normalized spacial score (nSPS) is 12.0. The molecule has 51 heavy (non-hydrogen) atoms. The maximum absolute atomic E-state index is 9.99. The molecule has 0 heterocycles. The molecule has 3 heteroatoms. The molecule has 0 atom stereocenters. The summed E-state index contributed by atoms with van der Waals surface area (Å²) in [6, 6.07) is 26.9. The van der Waals surface area contributed by atoms with Crippen LogP contribution in [0.1, 0.15) is 172 Å². The van der Waals surface area contributed by atoms with E-state index in [9.17, 15) is 5.11 Å². The van der Waals surface area contributed by atoms with E-state index in [4.69, 9.17) is 4.74 Å². The molecule has 0 aromatic heterocycles. The Balaban J connectivity index is 1.53. The molecule has 3 rings (SSSR count). The molecule has 0 saturated heterocycles. The fourth-order valence-corrected chi connectivity index (χ4v) is 7.30. The average molecular weight is 696 g/mol. The van der Waals surface area contributed by atoms with E-state index in [1.807, 2.05) is 12.1 Å². The number of phenolic OH excluding ortho intramolecular Hbond substituents is 1. The van der Waals surface area contributed by atoms with E-state index < -0.39 is 0 Å². The minimum atomic E-state index is 0.287. The van der Waals surface area contributed by atoms with E-state index in [1.54, 1.807) is 12.1 Å². The standard InChI is InChI=1S/C48H73NO2/c1-4-7-9-11-13-15-17-19-21-26-38-49(39-27-22-20-18-16-14-12-10-8-5-2)40-41-51-46-36-32-44(33-37-46)48(43-30-34-45(50)35-31-43)47(6-3)42-28-24-23-25-29-42/h23-25,28-37,50H,4-22,26-27,38-41H2,1-3H3/b48-47-. The SMILES string of the molecule is CCCCCCCCCCCCN(CCCCCCCCCCCC)CCOc1ccc(/C(=C(/CC)c2ccccc2)c2ccc(O)cc2)cc1. The highest BCUT2D eigenvalue weighted by molar-refractivity contribution is 5.98. The molecule has 3 nitrogen and oxygen atoms in total. The van der Waals surface area contributed by atoms with Crippen molar-refractivity contribution in [3.05, 3.63) is 95.6 Å². The fourth-order valence-electron chi connectivity index (χ4n) is 7.30. The summed E-state index contributed by atoms with van der Waals surface area (Å²) in [6.07, 6.45) is 28.6. The van der Waals surface area contributed by atoms with Crippen molar-refractivity contribution in [2.24, 2.45) is 0 Å². The molecule has 0 unspecified atom stereocenters. The smallest absolute Gasteiger partial charge is 0.119 e. The number of rotatable bonds is 30. The predicted molar refractivity (Wildman–Crippen MR) is 223 cm³/mol. The molecule has 0 radical (unpaired) electrons. The molecule has 0 fully saturated rings. The number of hydrogen-bond donors (Lipinski definition) is 1. The lowest BCUT2D eigenvalue weighted by atomic mass is 9.88. The monoisotopic (exact) mass is 696 g/mol. The Bertz CT molecular complexity index is 1260. The lowest BCUT2D eigenvalue weighted by Gasteiger charge is -2.22. The Kier molecular flexibility index (Phi) is 22.9. The van der Waals surface area contributed by atoms with Crippen LogP contribution >= 0.6 is 0 Å². The van der Waals surface area contributed by atoms with E-state index in [2.05, 4.69) is 80.3 Å². The van der Waals surface area contributed by atoms with Gasteiger partial charge in [-0.3, -0.25) is 4.90 Å². The van der Waals surface area contributed by atoms with E-state index in [-0.39, 0.29) is 5.75 Å². The van der Waals surface area contributed by atoms with Crippen LogP contribution in [0.25, 0.3) is 11.1 Å². The zero-order chi connectivity index (χ0) is 36.2. The van der Waals surface area contributed by atoms with Crippen molar-refractivity contribution < 1.29 is 9.84 Å². The van der Waals surface area contributed by atoms with Gasteiger partial charge in [0.2, 0.25) is 0 Å². The Morgan fingerprint density at radius 3 is 1.35 bits per heavy atom. The van der Waals surface area contributed by atoms with Crippen LogP contribution in [-0.2, 0) is 0 Å². The number of hydrogen-bond acceptors (Lipinski definition) is 3. The van der Waals surface area contributed by atoms with Gasteiger partial charge in [-0.05, 0) is 84.5 Å². The second-order valence-electron chi connectivity index (χ2n) is 14.7. The molecular formula is C48H73NO2. The summed E-state index contributed by atoms with van der Waals surface area (Å²) in [5.41, 5.74) is 6.00. The first-order valence-electron chi connectivity index (χ1n) is 21.2. The minimum absolute atomic E-state index is 0.287. The molecule has 0 aliphatic heterocycles. The van der Waals surface area contributed by atoms with Crippen LogP contribution in [0.5, 0.6) is 11.5 Å². The summed E-state index contributed by atoms with van der Waals surface area (Å²) in [7, 11) is 0. The van der Waals surface area contributed by atoms with E-state index in [0.717, 1.165) is 36.4 Å². The second-order valence-corrected chi connectivity index (χ2v) is 14.7. The van der Waals surface area contributed by atoms with Crippen molar-refractivity contribution in [3.8, 4) is 11.5 Å². The highest BCUT2D eigenvalue weighted by Crippen LogP contribution is 2.35. The van der Waals surface area contributed by atoms with Crippen molar-refractivity contribution >= 4 is 11.1 Å². The molecule has 282 valence electrons. The summed E-state index contributed by atoms with van der Waals surface area (Å²) in [5.74, 6) is 1.22. The molecule has 0 aliphatic rings. The van der Waals surface area contributed by atoms with Gasteiger partial charge in [-0.25, -0.2) is 0 Å². The van der Waals surface area contributed by atoms with Gasteiger partial charge in [0, 0.05) is 6.54 Å². The summed E-state index contributed by atoms with van der Waals surface area (Å²) in [6.45, 7) is 10.9. The Morgan fingerprint density at radius 1 is 0.471 bits per heavy atom. The van der Waals surface area contributed by atoms with E-state index in [1.165, 1.54) is 158 Å². The number of allylic oxidation sites excluding steroid dienone is 1. The van der Waals surface area contributed by atoms with Crippen molar-refractivity contribution in [1.82, 2.24) is 4.90 Å². The Hall–Kier alpha value is -3.04. The molecule has 0 spiro atoms. The molecule has 3 aromatic rings. The quantitative estimate of drug-likeness (QED) is 0.0556. The molecule has 0 amide bonds. The summed E-state index contributed by atoms with van der Waals surface area (Å²) in [5, 5.41) is 9.99. The number of unbranched alkanes of at least 4 members (excludes halogenated alkanes) is 18. The van der Waals surface area contributed by atoms with Crippen molar-refractivity contribution in [2.45, 2.75) is 156 Å². The molecule has 0 aliphatic carbocycles. The second kappa shape index (κ2) is 27.6. The lowest BCUT2D eigenvalue weighted by molar-refractivity contribution is 0.202. The van der Waals surface area contributed by atoms with Crippen LogP contribution in [0.15, 0.2) is 78.9 Å². The first-order chi connectivity index (χ1) is 25.2.